The van der Waals surface area contributed by atoms with Gasteiger partial charge in [0.15, 0.2) is 6.10 Å². The molecule has 34 heavy (non-hydrogen) atoms. The lowest BCUT2D eigenvalue weighted by Crippen LogP contribution is -2.37. The fourth-order valence-corrected chi connectivity index (χ4v) is 4.63. The first-order chi connectivity index (χ1) is 16.4. The number of imide groups is 1. The maximum absolute atomic E-state index is 13.7. The Morgan fingerprint density at radius 2 is 1.32 bits per heavy atom. The van der Waals surface area contributed by atoms with Crippen LogP contribution in [0.5, 0.6) is 11.5 Å². The summed E-state index contributed by atoms with van der Waals surface area (Å²) in [5.41, 5.74) is 4.27. The van der Waals surface area contributed by atoms with Crippen molar-refractivity contribution < 1.29 is 23.9 Å². The van der Waals surface area contributed by atoms with Crippen LogP contribution < -0.4 is 19.4 Å². The molecule has 2 fully saturated rings. The van der Waals surface area contributed by atoms with E-state index in [1.54, 1.807) is 19.3 Å². The standard InChI is InChI=1S/C27H26N2O5/c1-16-5-8-20(15-17(16)2)28-26(30)23-24(18-6-11-21(32-3)12-7-18)29(34-25(23)27(28)31)19-9-13-22(33-4)14-10-19/h5-15,23-25H,1-4H3. The first-order valence-electron chi connectivity index (χ1n) is 11.1. The molecule has 0 aromatic heterocycles. The van der Waals surface area contributed by atoms with Gasteiger partial charge in [0.2, 0.25) is 5.91 Å². The molecule has 0 radical (unpaired) electrons. The molecule has 2 aliphatic heterocycles. The van der Waals surface area contributed by atoms with Gasteiger partial charge in [-0.3, -0.25) is 14.4 Å². The van der Waals surface area contributed by atoms with Crippen molar-refractivity contribution in [1.29, 1.82) is 0 Å². The molecule has 3 atom stereocenters. The quantitative estimate of drug-likeness (QED) is 0.529. The monoisotopic (exact) mass is 458 g/mol. The smallest absolute Gasteiger partial charge is 0.266 e. The van der Waals surface area contributed by atoms with Gasteiger partial charge in [-0.05, 0) is 79.1 Å². The normalized spacial score (nSPS) is 21.7. The Kier molecular flexibility index (Phi) is 5.49. The largest absolute Gasteiger partial charge is 0.497 e. The van der Waals surface area contributed by atoms with E-state index in [1.807, 2.05) is 80.6 Å². The molecule has 2 heterocycles. The van der Waals surface area contributed by atoms with Crippen molar-refractivity contribution in [2.75, 3.05) is 24.2 Å². The Balaban J connectivity index is 1.56. The van der Waals surface area contributed by atoms with E-state index in [-0.39, 0.29) is 11.8 Å². The molecular weight excluding hydrogens is 432 g/mol. The second-order valence-electron chi connectivity index (χ2n) is 8.57. The maximum atomic E-state index is 13.7. The number of hydrogen-bond acceptors (Lipinski definition) is 6. The van der Waals surface area contributed by atoms with Gasteiger partial charge in [0.05, 0.1) is 31.6 Å². The average molecular weight is 459 g/mol. The van der Waals surface area contributed by atoms with Gasteiger partial charge < -0.3 is 9.47 Å². The highest BCUT2D eigenvalue weighted by Gasteiger charge is 2.60. The number of methoxy groups -OCH3 is 2. The van der Waals surface area contributed by atoms with Crippen LogP contribution in [0.4, 0.5) is 11.4 Å². The lowest BCUT2D eigenvalue weighted by Gasteiger charge is -2.29. The molecule has 0 bridgehead atoms. The number of carbonyl (C=O) groups is 2. The Morgan fingerprint density at radius 3 is 1.91 bits per heavy atom. The average Bonchev–Trinajstić information content (AvgIpc) is 3.37. The summed E-state index contributed by atoms with van der Waals surface area (Å²) in [4.78, 5) is 34.7. The fourth-order valence-electron chi connectivity index (χ4n) is 4.63. The number of aryl methyl sites for hydroxylation is 2. The summed E-state index contributed by atoms with van der Waals surface area (Å²) in [6.45, 7) is 3.96. The van der Waals surface area contributed by atoms with Crippen LogP contribution in [0, 0.1) is 19.8 Å². The van der Waals surface area contributed by atoms with E-state index in [0.29, 0.717) is 17.2 Å². The number of hydrogen-bond donors (Lipinski definition) is 0. The van der Waals surface area contributed by atoms with Gasteiger partial charge in [-0.1, -0.05) is 18.2 Å². The van der Waals surface area contributed by atoms with Crippen LogP contribution in [-0.4, -0.2) is 32.1 Å². The molecule has 0 spiro atoms. The third kappa shape index (κ3) is 3.49. The number of fused-ring (bicyclic) bond motifs is 1. The summed E-state index contributed by atoms with van der Waals surface area (Å²) in [5, 5.41) is 1.67. The summed E-state index contributed by atoms with van der Waals surface area (Å²) in [5.74, 6) is 0.102. The number of anilines is 2. The van der Waals surface area contributed by atoms with Gasteiger partial charge in [0.25, 0.3) is 5.91 Å². The van der Waals surface area contributed by atoms with Crippen molar-refractivity contribution in [3.8, 4) is 11.5 Å². The van der Waals surface area contributed by atoms with Gasteiger partial charge in [0.1, 0.15) is 17.4 Å². The summed E-state index contributed by atoms with van der Waals surface area (Å²) >= 11 is 0. The molecule has 174 valence electrons. The highest BCUT2D eigenvalue weighted by molar-refractivity contribution is 6.24. The predicted molar refractivity (Wildman–Crippen MR) is 128 cm³/mol. The Bertz CT molecular complexity index is 1240. The number of rotatable bonds is 5. The molecule has 7 heteroatoms. The molecule has 3 aromatic carbocycles. The van der Waals surface area contributed by atoms with E-state index < -0.39 is 18.1 Å². The van der Waals surface area contributed by atoms with Gasteiger partial charge in [-0.2, -0.15) is 0 Å². The van der Waals surface area contributed by atoms with Gasteiger partial charge >= 0.3 is 0 Å². The zero-order valence-corrected chi connectivity index (χ0v) is 19.5. The molecule has 2 saturated heterocycles. The van der Waals surface area contributed by atoms with E-state index in [4.69, 9.17) is 14.3 Å². The lowest BCUT2D eigenvalue weighted by molar-refractivity contribution is -0.126. The summed E-state index contributed by atoms with van der Waals surface area (Å²) in [7, 11) is 3.21. The molecule has 3 unspecified atom stereocenters. The van der Waals surface area contributed by atoms with Gasteiger partial charge in [-0.25, -0.2) is 9.96 Å². The minimum absolute atomic E-state index is 0.268. The van der Waals surface area contributed by atoms with Crippen molar-refractivity contribution in [2.45, 2.75) is 26.0 Å². The number of amides is 2. The van der Waals surface area contributed by atoms with Crippen LogP contribution in [0.3, 0.4) is 0 Å². The van der Waals surface area contributed by atoms with Crippen LogP contribution in [0.15, 0.2) is 66.7 Å². The van der Waals surface area contributed by atoms with Crippen molar-refractivity contribution in [3.05, 3.63) is 83.4 Å². The third-order valence-electron chi connectivity index (χ3n) is 6.65. The number of carbonyl (C=O) groups excluding carboxylic acids is 2. The van der Waals surface area contributed by atoms with E-state index in [0.717, 1.165) is 22.4 Å². The highest BCUT2D eigenvalue weighted by atomic mass is 16.7. The Morgan fingerprint density at radius 1 is 0.735 bits per heavy atom. The van der Waals surface area contributed by atoms with Gasteiger partial charge in [0, 0.05) is 0 Å². The van der Waals surface area contributed by atoms with Crippen LogP contribution in [0.1, 0.15) is 22.7 Å². The SMILES string of the molecule is COc1ccc(C2C3C(=O)N(c4ccc(C)c(C)c4)C(=O)C3ON2c2ccc(OC)cc2)cc1. The lowest BCUT2D eigenvalue weighted by atomic mass is 9.90. The summed E-state index contributed by atoms with van der Waals surface area (Å²) in [6, 6.07) is 20.0. The number of nitrogens with zero attached hydrogens (tertiary/aromatic N) is 2. The third-order valence-corrected chi connectivity index (χ3v) is 6.65. The van der Waals surface area contributed by atoms with E-state index in [2.05, 4.69) is 0 Å². The van der Waals surface area contributed by atoms with Crippen molar-refractivity contribution in [2.24, 2.45) is 5.92 Å². The van der Waals surface area contributed by atoms with Crippen molar-refractivity contribution >= 4 is 23.2 Å². The van der Waals surface area contributed by atoms with Gasteiger partial charge in [-0.15, -0.1) is 0 Å². The fraction of sp³-hybridized carbons (Fsp3) is 0.259. The minimum Gasteiger partial charge on any atom is -0.497 e. The zero-order valence-electron chi connectivity index (χ0n) is 19.5. The first-order valence-corrected chi connectivity index (χ1v) is 11.1. The molecule has 0 saturated carbocycles. The Labute approximate surface area is 198 Å². The summed E-state index contributed by atoms with van der Waals surface area (Å²) < 4.78 is 10.6. The second kappa shape index (κ2) is 8.50. The minimum atomic E-state index is -0.914. The topological polar surface area (TPSA) is 68.3 Å². The molecule has 7 nitrogen and oxygen atoms in total. The second-order valence-corrected chi connectivity index (χ2v) is 8.57. The number of hydroxylamine groups is 1. The molecule has 5 rings (SSSR count). The van der Waals surface area contributed by atoms with Crippen LogP contribution in [0.2, 0.25) is 0 Å². The summed E-state index contributed by atoms with van der Waals surface area (Å²) in [6.07, 6.45) is -0.914. The molecular formula is C27H26N2O5. The van der Waals surface area contributed by atoms with Crippen LogP contribution in [-0.2, 0) is 14.4 Å². The molecule has 2 aliphatic rings. The highest BCUT2D eigenvalue weighted by Crippen LogP contribution is 2.48. The molecule has 3 aromatic rings. The maximum Gasteiger partial charge on any atom is 0.266 e. The first kappa shape index (κ1) is 22.0. The van der Waals surface area contributed by atoms with Crippen LogP contribution >= 0.6 is 0 Å². The van der Waals surface area contributed by atoms with E-state index in [9.17, 15) is 9.59 Å². The van der Waals surface area contributed by atoms with Crippen molar-refractivity contribution in [3.63, 3.8) is 0 Å². The zero-order chi connectivity index (χ0) is 24.0. The molecule has 0 N–H and O–H groups in total. The van der Waals surface area contributed by atoms with E-state index in [1.165, 1.54) is 4.90 Å². The van der Waals surface area contributed by atoms with E-state index >= 15 is 0 Å². The molecule has 0 aliphatic carbocycles. The number of benzene rings is 3. The predicted octanol–water partition coefficient (Wildman–Crippen LogP) is 4.37. The number of ether oxygens (including phenoxy) is 2. The Hall–Kier alpha value is -3.84. The van der Waals surface area contributed by atoms with Crippen LogP contribution in [0.25, 0.3) is 0 Å². The van der Waals surface area contributed by atoms with Crippen molar-refractivity contribution in [1.82, 2.24) is 0 Å². The molecule has 2 amide bonds.